The van der Waals surface area contributed by atoms with E-state index in [2.05, 4.69) is 72.5 Å². The van der Waals surface area contributed by atoms with Gasteiger partial charge < -0.3 is 15.4 Å². The van der Waals surface area contributed by atoms with Crippen LogP contribution in [0.3, 0.4) is 0 Å². The largest absolute Gasteiger partial charge is 0.478 e. The van der Waals surface area contributed by atoms with Crippen LogP contribution in [0.4, 0.5) is 0 Å². The number of aromatic amines is 1. The summed E-state index contributed by atoms with van der Waals surface area (Å²) in [5.41, 5.74) is 6.84. The van der Waals surface area contributed by atoms with Gasteiger partial charge in [-0.1, -0.05) is 42.5 Å². The average molecular weight is 414 g/mol. The van der Waals surface area contributed by atoms with Crippen molar-refractivity contribution in [3.63, 3.8) is 0 Å². The molecular weight excluding hydrogens is 386 g/mol. The second-order valence-corrected chi connectivity index (χ2v) is 8.93. The van der Waals surface area contributed by atoms with Crippen LogP contribution in [0.25, 0.3) is 33.3 Å². The molecular formula is C26H27N3O2. The molecule has 5 heteroatoms. The number of H-pyrrole nitrogens is 1. The van der Waals surface area contributed by atoms with E-state index in [1.165, 1.54) is 5.56 Å². The van der Waals surface area contributed by atoms with Crippen LogP contribution in [0.1, 0.15) is 42.5 Å². The number of fused-ring (bicyclic) bond motifs is 1. The van der Waals surface area contributed by atoms with Crippen LogP contribution in [0.15, 0.2) is 60.7 Å². The minimum absolute atomic E-state index is 0.0702. The Balaban J connectivity index is 1.64. The molecule has 5 nitrogen and oxygen atoms in total. The second kappa shape index (κ2) is 8.00. The quantitative estimate of drug-likeness (QED) is 0.387. The molecule has 0 unspecified atom stereocenters. The molecule has 0 aliphatic heterocycles. The summed E-state index contributed by atoms with van der Waals surface area (Å²) in [6, 6.07) is 20.4. The zero-order valence-corrected chi connectivity index (χ0v) is 18.3. The van der Waals surface area contributed by atoms with E-state index >= 15 is 0 Å². The van der Waals surface area contributed by atoms with Crippen molar-refractivity contribution >= 4 is 17.0 Å². The van der Waals surface area contributed by atoms with E-state index in [-0.39, 0.29) is 11.1 Å². The molecule has 3 N–H and O–H groups in total. The van der Waals surface area contributed by atoms with Crippen LogP contribution in [0.5, 0.6) is 0 Å². The highest BCUT2D eigenvalue weighted by atomic mass is 16.4. The molecule has 0 fully saturated rings. The lowest BCUT2D eigenvalue weighted by Gasteiger charge is -2.20. The maximum Gasteiger partial charge on any atom is 0.337 e. The van der Waals surface area contributed by atoms with Gasteiger partial charge in [-0.2, -0.15) is 0 Å². The van der Waals surface area contributed by atoms with Gasteiger partial charge in [0.2, 0.25) is 0 Å². The van der Waals surface area contributed by atoms with E-state index < -0.39 is 5.97 Å². The fraction of sp³-hybridized carbons (Fsp3) is 0.231. The van der Waals surface area contributed by atoms with Crippen LogP contribution < -0.4 is 5.32 Å². The number of imidazole rings is 1. The number of aryl methyl sites for hydroxylation is 1. The van der Waals surface area contributed by atoms with Gasteiger partial charge in [0.25, 0.3) is 0 Å². The topological polar surface area (TPSA) is 78.0 Å². The number of aromatic carboxylic acids is 1. The Morgan fingerprint density at radius 3 is 2.29 bits per heavy atom. The van der Waals surface area contributed by atoms with E-state index in [4.69, 9.17) is 0 Å². The highest BCUT2D eigenvalue weighted by Crippen LogP contribution is 2.29. The Kier molecular flexibility index (Phi) is 5.38. The fourth-order valence-electron chi connectivity index (χ4n) is 3.65. The minimum Gasteiger partial charge on any atom is -0.478 e. The molecule has 0 saturated carbocycles. The number of benzene rings is 3. The molecule has 0 spiro atoms. The molecule has 4 rings (SSSR count). The highest BCUT2D eigenvalue weighted by Gasteiger charge is 2.15. The molecule has 0 aliphatic rings. The van der Waals surface area contributed by atoms with Crippen LogP contribution >= 0.6 is 0 Å². The summed E-state index contributed by atoms with van der Waals surface area (Å²) < 4.78 is 0. The number of carboxylic acids is 1. The maximum atomic E-state index is 11.7. The smallest absolute Gasteiger partial charge is 0.337 e. The lowest BCUT2D eigenvalue weighted by atomic mass is 9.97. The zero-order valence-electron chi connectivity index (χ0n) is 18.3. The van der Waals surface area contributed by atoms with E-state index in [1.54, 1.807) is 6.07 Å². The molecule has 0 saturated heterocycles. The summed E-state index contributed by atoms with van der Waals surface area (Å²) in [7, 11) is 0. The van der Waals surface area contributed by atoms with Crippen molar-refractivity contribution in [3.8, 4) is 22.3 Å². The number of nitrogens with one attached hydrogen (secondary N) is 2. The lowest BCUT2D eigenvalue weighted by molar-refractivity contribution is 0.0699. The predicted molar refractivity (Wildman–Crippen MR) is 125 cm³/mol. The Labute approximate surface area is 182 Å². The first kappa shape index (κ1) is 20.8. The van der Waals surface area contributed by atoms with Gasteiger partial charge in [-0.3, -0.25) is 0 Å². The van der Waals surface area contributed by atoms with Crippen molar-refractivity contribution in [2.24, 2.45) is 0 Å². The third-order valence-corrected chi connectivity index (χ3v) is 5.24. The third-order valence-electron chi connectivity index (χ3n) is 5.24. The summed E-state index contributed by atoms with van der Waals surface area (Å²) in [6.45, 7) is 9.12. The van der Waals surface area contributed by atoms with Crippen LogP contribution in [0, 0.1) is 6.92 Å². The predicted octanol–water partition coefficient (Wildman–Crippen LogP) is 5.79. The van der Waals surface area contributed by atoms with Gasteiger partial charge in [-0.15, -0.1) is 0 Å². The summed E-state index contributed by atoms with van der Waals surface area (Å²) in [5.74, 6) is -0.276. The number of aromatic nitrogens is 2. The summed E-state index contributed by atoms with van der Waals surface area (Å²) in [4.78, 5) is 19.2. The molecule has 158 valence electrons. The van der Waals surface area contributed by atoms with Gasteiger partial charge in [0.05, 0.1) is 11.1 Å². The average Bonchev–Trinajstić information content (AvgIpc) is 3.11. The van der Waals surface area contributed by atoms with Gasteiger partial charge in [-0.05, 0) is 73.7 Å². The standard InChI is InChI=1S/C26H27N3O2/c1-16-28-23-14-21(13-22(25(30)31)24(23)29-16)19-10-8-18(9-11-19)20-7-5-6-17(12-20)15-27-26(2,3)4/h5-14,27H,15H2,1-4H3,(H,28,29)(H,30,31). The first-order valence-electron chi connectivity index (χ1n) is 10.4. The number of nitrogens with zero attached hydrogens (tertiary/aromatic N) is 1. The van der Waals surface area contributed by atoms with Crippen molar-refractivity contribution < 1.29 is 9.90 Å². The summed E-state index contributed by atoms with van der Waals surface area (Å²) >= 11 is 0. The third kappa shape index (κ3) is 4.67. The number of carbonyl (C=O) groups is 1. The van der Waals surface area contributed by atoms with Crippen molar-refractivity contribution in [1.82, 2.24) is 15.3 Å². The SMILES string of the molecule is Cc1nc2c(C(=O)O)cc(-c3ccc(-c4cccc(CNC(C)(C)C)c4)cc3)cc2[nH]1. The monoisotopic (exact) mass is 413 g/mol. The van der Waals surface area contributed by atoms with E-state index in [0.29, 0.717) is 11.3 Å². The number of carboxylic acid groups (broad SMARTS) is 1. The maximum absolute atomic E-state index is 11.7. The molecule has 0 amide bonds. The first-order valence-corrected chi connectivity index (χ1v) is 10.4. The van der Waals surface area contributed by atoms with Gasteiger partial charge in [0.15, 0.2) is 0 Å². The summed E-state index contributed by atoms with van der Waals surface area (Å²) in [5, 5.41) is 13.1. The van der Waals surface area contributed by atoms with Crippen LogP contribution in [0.2, 0.25) is 0 Å². The molecule has 0 aliphatic carbocycles. The molecule has 1 heterocycles. The van der Waals surface area contributed by atoms with Crippen molar-refractivity contribution in [1.29, 1.82) is 0 Å². The minimum atomic E-state index is -0.976. The molecule has 1 aromatic heterocycles. The van der Waals surface area contributed by atoms with Gasteiger partial charge in [0.1, 0.15) is 11.3 Å². The number of hydrogen-bond acceptors (Lipinski definition) is 3. The molecule has 0 radical (unpaired) electrons. The van der Waals surface area contributed by atoms with Crippen molar-refractivity contribution in [2.75, 3.05) is 0 Å². The van der Waals surface area contributed by atoms with Crippen molar-refractivity contribution in [2.45, 2.75) is 39.8 Å². The van der Waals surface area contributed by atoms with Gasteiger partial charge >= 0.3 is 5.97 Å². The number of rotatable bonds is 5. The number of hydrogen-bond donors (Lipinski definition) is 3. The molecule has 4 aromatic rings. The Bertz CT molecular complexity index is 1250. The van der Waals surface area contributed by atoms with E-state index in [9.17, 15) is 9.90 Å². The Hall–Kier alpha value is -3.44. The fourth-order valence-corrected chi connectivity index (χ4v) is 3.65. The van der Waals surface area contributed by atoms with Crippen LogP contribution in [-0.4, -0.2) is 26.6 Å². The molecule has 0 bridgehead atoms. The van der Waals surface area contributed by atoms with E-state index in [1.807, 2.05) is 25.1 Å². The van der Waals surface area contributed by atoms with Gasteiger partial charge in [-0.25, -0.2) is 9.78 Å². The Morgan fingerprint density at radius 2 is 1.65 bits per heavy atom. The highest BCUT2D eigenvalue weighted by molar-refractivity contribution is 6.03. The lowest BCUT2D eigenvalue weighted by Crippen LogP contribution is -2.35. The van der Waals surface area contributed by atoms with Crippen molar-refractivity contribution in [3.05, 3.63) is 77.6 Å². The van der Waals surface area contributed by atoms with Crippen LogP contribution in [-0.2, 0) is 6.54 Å². The zero-order chi connectivity index (χ0) is 22.2. The molecule has 31 heavy (non-hydrogen) atoms. The normalized spacial score (nSPS) is 11.7. The van der Waals surface area contributed by atoms with E-state index in [0.717, 1.165) is 34.3 Å². The van der Waals surface area contributed by atoms with Gasteiger partial charge in [0, 0.05) is 12.1 Å². The molecule has 3 aromatic carbocycles. The Morgan fingerprint density at radius 1 is 0.968 bits per heavy atom. The molecule has 0 atom stereocenters. The summed E-state index contributed by atoms with van der Waals surface area (Å²) in [6.07, 6.45) is 0. The first-order chi connectivity index (χ1) is 14.7. The second-order valence-electron chi connectivity index (χ2n) is 8.93.